The van der Waals surface area contributed by atoms with Crippen LogP contribution in [0.25, 0.3) is 0 Å². The molecule has 2 saturated heterocycles. The molecule has 23 heavy (non-hydrogen) atoms. The van der Waals surface area contributed by atoms with Crippen molar-refractivity contribution < 1.29 is 9.59 Å². The normalized spacial score (nSPS) is 25.0. The third-order valence-electron chi connectivity index (χ3n) is 6.09. The highest BCUT2D eigenvalue weighted by Gasteiger charge is 2.35. The molecule has 0 aromatic carbocycles. The number of amides is 2. The van der Waals surface area contributed by atoms with Gasteiger partial charge in [-0.1, -0.05) is 19.3 Å². The zero-order chi connectivity index (χ0) is 16.1. The van der Waals surface area contributed by atoms with Gasteiger partial charge in [0.25, 0.3) is 0 Å². The van der Waals surface area contributed by atoms with Crippen molar-refractivity contribution in [1.82, 2.24) is 15.1 Å². The highest BCUT2D eigenvalue weighted by Crippen LogP contribution is 2.44. The molecule has 130 valence electrons. The van der Waals surface area contributed by atoms with Crippen molar-refractivity contribution in [3.8, 4) is 0 Å². The number of hydrogen-bond acceptors (Lipinski definition) is 3. The average Bonchev–Trinajstić information content (AvgIpc) is 2.95. The van der Waals surface area contributed by atoms with E-state index in [0.717, 1.165) is 19.5 Å². The second kappa shape index (κ2) is 7.65. The molecule has 0 unspecified atom stereocenters. The number of rotatable bonds is 5. The van der Waals surface area contributed by atoms with Gasteiger partial charge in [0.1, 0.15) is 0 Å². The Morgan fingerprint density at radius 1 is 1.00 bits per heavy atom. The van der Waals surface area contributed by atoms with E-state index in [1.54, 1.807) is 4.90 Å². The molecular formula is C18H31N3O2. The Labute approximate surface area is 139 Å². The number of piperidine rings is 1. The van der Waals surface area contributed by atoms with Crippen LogP contribution >= 0.6 is 0 Å². The van der Waals surface area contributed by atoms with Crippen molar-refractivity contribution in [3.63, 3.8) is 0 Å². The smallest absolute Gasteiger partial charge is 0.239 e. The van der Waals surface area contributed by atoms with Crippen molar-refractivity contribution in [3.05, 3.63) is 0 Å². The lowest BCUT2D eigenvalue weighted by atomic mass is 9.68. The fourth-order valence-electron chi connectivity index (χ4n) is 4.51. The number of likely N-dealkylation sites (tertiary alicyclic amines) is 2. The lowest BCUT2D eigenvalue weighted by Crippen LogP contribution is -2.45. The van der Waals surface area contributed by atoms with Gasteiger partial charge in [-0.05, 0) is 50.6 Å². The predicted octanol–water partition coefficient (Wildman–Crippen LogP) is 1.77. The van der Waals surface area contributed by atoms with Crippen LogP contribution in [0.5, 0.6) is 0 Å². The molecule has 0 bridgehead atoms. The summed E-state index contributed by atoms with van der Waals surface area (Å²) in [5, 5.41) is 2.97. The van der Waals surface area contributed by atoms with E-state index < -0.39 is 0 Å². The topological polar surface area (TPSA) is 52.7 Å². The molecule has 0 radical (unpaired) electrons. The lowest BCUT2D eigenvalue weighted by Gasteiger charge is -2.44. The molecule has 5 nitrogen and oxygen atoms in total. The maximum atomic E-state index is 11.9. The van der Waals surface area contributed by atoms with Crippen LogP contribution in [0.4, 0.5) is 0 Å². The van der Waals surface area contributed by atoms with Gasteiger partial charge in [-0.25, -0.2) is 0 Å². The maximum Gasteiger partial charge on any atom is 0.239 e. The van der Waals surface area contributed by atoms with Crippen molar-refractivity contribution in [2.45, 2.75) is 57.8 Å². The van der Waals surface area contributed by atoms with Crippen LogP contribution in [-0.2, 0) is 9.59 Å². The zero-order valence-corrected chi connectivity index (χ0v) is 14.3. The summed E-state index contributed by atoms with van der Waals surface area (Å²) in [5.74, 6) is 0.106. The second-order valence-corrected chi connectivity index (χ2v) is 7.67. The van der Waals surface area contributed by atoms with Crippen molar-refractivity contribution in [2.24, 2.45) is 5.41 Å². The number of nitrogens with one attached hydrogen (secondary N) is 1. The van der Waals surface area contributed by atoms with E-state index in [0.29, 0.717) is 18.4 Å². The molecular weight excluding hydrogens is 290 g/mol. The zero-order valence-electron chi connectivity index (χ0n) is 14.3. The van der Waals surface area contributed by atoms with Crippen LogP contribution in [0.2, 0.25) is 0 Å². The van der Waals surface area contributed by atoms with Gasteiger partial charge in [0, 0.05) is 26.1 Å². The number of nitrogens with zero attached hydrogens (tertiary/aromatic N) is 2. The quantitative estimate of drug-likeness (QED) is 0.840. The predicted molar refractivity (Wildman–Crippen MR) is 90.0 cm³/mol. The Bertz CT molecular complexity index is 422. The van der Waals surface area contributed by atoms with Crippen LogP contribution in [0.15, 0.2) is 0 Å². The number of carbonyl (C=O) groups excluding carboxylic acids is 2. The number of carbonyl (C=O) groups is 2. The van der Waals surface area contributed by atoms with Gasteiger partial charge in [-0.15, -0.1) is 0 Å². The molecule has 1 spiro atoms. The Morgan fingerprint density at radius 2 is 1.74 bits per heavy atom. The Hall–Kier alpha value is -1.10. The van der Waals surface area contributed by atoms with Gasteiger partial charge in [0.05, 0.1) is 6.54 Å². The van der Waals surface area contributed by atoms with Crippen LogP contribution < -0.4 is 5.32 Å². The van der Waals surface area contributed by atoms with Crippen molar-refractivity contribution in [2.75, 3.05) is 39.3 Å². The lowest BCUT2D eigenvalue weighted by molar-refractivity contribution is -0.133. The Balaban J connectivity index is 1.30. The number of hydrogen-bond donors (Lipinski definition) is 1. The minimum Gasteiger partial charge on any atom is -0.353 e. The van der Waals surface area contributed by atoms with E-state index in [-0.39, 0.29) is 18.4 Å². The van der Waals surface area contributed by atoms with Gasteiger partial charge in [0.2, 0.25) is 11.8 Å². The SMILES string of the molecule is O=C(CN1CCCC1=O)NCCN1CCC2(CCCCC2)CC1. The fourth-order valence-corrected chi connectivity index (χ4v) is 4.51. The van der Waals surface area contributed by atoms with Crippen LogP contribution in [0.3, 0.4) is 0 Å². The van der Waals surface area contributed by atoms with Crippen molar-refractivity contribution >= 4 is 11.8 Å². The van der Waals surface area contributed by atoms with Gasteiger partial charge in [-0.3, -0.25) is 9.59 Å². The van der Waals surface area contributed by atoms with E-state index in [9.17, 15) is 9.59 Å². The summed E-state index contributed by atoms with van der Waals surface area (Å²) in [5.41, 5.74) is 0.647. The molecule has 0 aromatic heterocycles. The molecule has 5 heteroatoms. The molecule has 1 saturated carbocycles. The fraction of sp³-hybridized carbons (Fsp3) is 0.889. The summed E-state index contributed by atoms with van der Waals surface area (Å²) in [4.78, 5) is 27.6. The Kier molecular flexibility index (Phi) is 5.57. The van der Waals surface area contributed by atoms with E-state index >= 15 is 0 Å². The van der Waals surface area contributed by atoms with Gasteiger partial charge in [-0.2, -0.15) is 0 Å². The van der Waals surface area contributed by atoms with E-state index in [4.69, 9.17) is 0 Å². The van der Waals surface area contributed by atoms with E-state index in [2.05, 4.69) is 10.2 Å². The highest BCUT2D eigenvalue weighted by atomic mass is 16.2. The molecule has 2 aliphatic heterocycles. The first-order chi connectivity index (χ1) is 11.2. The minimum atomic E-state index is -0.0130. The monoisotopic (exact) mass is 321 g/mol. The van der Waals surface area contributed by atoms with Gasteiger partial charge >= 0.3 is 0 Å². The van der Waals surface area contributed by atoms with Crippen molar-refractivity contribution in [1.29, 1.82) is 0 Å². The molecule has 2 heterocycles. The first-order valence-electron chi connectivity index (χ1n) is 9.44. The summed E-state index contributed by atoms with van der Waals surface area (Å²) in [6.45, 7) is 4.98. The third-order valence-corrected chi connectivity index (χ3v) is 6.09. The highest BCUT2D eigenvalue weighted by molar-refractivity contribution is 5.85. The largest absolute Gasteiger partial charge is 0.353 e. The molecule has 3 rings (SSSR count). The molecule has 3 aliphatic rings. The summed E-state index contributed by atoms with van der Waals surface area (Å²) >= 11 is 0. The summed E-state index contributed by atoms with van der Waals surface area (Å²) in [7, 11) is 0. The van der Waals surface area contributed by atoms with E-state index in [1.807, 2.05) is 0 Å². The van der Waals surface area contributed by atoms with Gasteiger partial charge in [0.15, 0.2) is 0 Å². The molecule has 1 N–H and O–H groups in total. The standard InChI is InChI=1S/C18H31N3O2/c22-16(15-21-11-4-5-17(21)23)19-10-14-20-12-8-18(9-13-20)6-2-1-3-7-18/h1-15H2,(H,19,22). The summed E-state index contributed by atoms with van der Waals surface area (Å²) in [6, 6.07) is 0. The molecule has 0 aromatic rings. The van der Waals surface area contributed by atoms with Crippen LogP contribution in [0.1, 0.15) is 57.8 Å². The van der Waals surface area contributed by atoms with E-state index in [1.165, 1.54) is 58.0 Å². The first kappa shape index (κ1) is 16.7. The second-order valence-electron chi connectivity index (χ2n) is 7.67. The molecule has 1 aliphatic carbocycles. The summed E-state index contributed by atoms with van der Waals surface area (Å²) < 4.78 is 0. The maximum absolute atomic E-state index is 11.9. The Morgan fingerprint density at radius 3 is 2.39 bits per heavy atom. The minimum absolute atomic E-state index is 0.0130. The molecule has 2 amide bonds. The third kappa shape index (κ3) is 4.46. The molecule has 0 atom stereocenters. The summed E-state index contributed by atoms with van der Waals surface area (Å²) in [6.07, 6.45) is 11.3. The van der Waals surface area contributed by atoms with Crippen LogP contribution in [0, 0.1) is 5.41 Å². The van der Waals surface area contributed by atoms with Crippen LogP contribution in [-0.4, -0.2) is 60.9 Å². The molecule has 3 fully saturated rings. The van der Waals surface area contributed by atoms with Gasteiger partial charge < -0.3 is 15.1 Å². The average molecular weight is 321 g/mol. The first-order valence-corrected chi connectivity index (χ1v) is 9.44.